The van der Waals surface area contributed by atoms with Gasteiger partial charge in [0.2, 0.25) is 0 Å². The molecule has 0 saturated heterocycles. The molecule has 4 aromatic heterocycles. The molecular formula is C100H100Br4N16O16. The topological polar surface area (TPSA) is 374 Å². The van der Waals surface area contributed by atoms with Gasteiger partial charge in [-0.15, -0.1) is 0 Å². The number of nitrogens with one attached hydrogen (secondary N) is 4. The number of fused-ring (bicyclic) bond motifs is 4. The Labute approximate surface area is 818 Å². The number of aromatic nitrogens is 8. The lowest BCUT2D eigenvalue weighted by Crippen LogP contribution is -2.59. The summed E-state index contributed by atoms with van der Waals surface area (Å²) in [4.78, 5) is 170. The molecule has 0 radical (unpaired) electrons. The molecular weight excluding hydrogens is 2000 g/mol. The third-order valence-electron chi connectivity index (χ3n) is 22.5. The lowest BCUT2D eigenvalue weighted by atomic mass is 9.74. The third-order valence-corrected chi connectivity index (χ3v) is 24.5. The summed E-state index contributed by atoms with van der Waals surface area (Å²) in [6, 6.07) is 63.4. The standard InChI is InChI=1S/4C25H25BrN4O4/c4*1-24(2,3)34-23(33)28-25(18-15-17(26)11-12-19(18)29(4)22(25)32)20(16-9-6-5-7-10-16)21(31)30-14-8-13-27-30/h4*5-15,20H,1-4H3,(H,28,33)/t4*20-,25+/m1111/s1. The number of nitrogens with zero attached hydrogens (tertiary/aromatic N) is 12. The zero-order chi connectivity index (χ0) is 98.7. The summed E-state index contributed by atoms with van der Waals surface area (Å²) in [6.07, 6.45) is 8.79. The third kappa shape index (κ3) is 20.3. The normalized spacial score (nSPS) is 18.4. The first kappa shape index (κ1) is 99.6. The quantitative estimate of drug-likeness (QED) is 0.0653. The van der Waals surface area contributed by atoms with E-state index in [1.807, 2.05) is 24.3 Å². The zero-order valence-corrected chi connectivity index (χ0v) is 83.5. The van der Waals surface area contributed by atoms with E-state index in [1.54, 1.807) is 305 Å². The van der Waals surface area contributed by atoms with Gasteiger partial charge in [-0.3, -0.25) is 38.4 Å². The Morgan fingerprint density at radius 3 is 0.610 bits per heavy atom. The first-order chi connectivity index (χ1) is 64.2. The number of carbonyl (C=O) groups excluding carboxylic acids is 12. The van der Waals surface area contributed by atoms with Crippen molar-refractivity contribution in [3.63, 3.8) is 0 Å². The number of anilines is 4. The number of alkyl carbamates (subject to hydrolysis) is 4. The first-order valence-corrected chi connectivity index (χ1v) is 46.1. The largest absolute Gasteiger partial charge is 0.444 e. The number of amides is 8. The van der Waals surface area contributed by atoms with Crippen LogP contribution in [0.1, 0.15) is 170 Å². The molecule has 0 spiro atoms. The highest BCUT2D eigenvalue weighted by molar-refractivity contribution is 9.11. The van der Waals surface area contributed by atoms with E-state index < -0.39 is 140 Å². The van der Waals surface area contributed by atoms with E-state index in [2.05, 4.69) is 105 Å². The Hall–Kier alpha value is -13.8. The van der Waals surface area contributed by atoms with Gasteiger partial charge in [-0.25, -0.2) is 37.9 Å². The van der Waals surface area contributed by atoms with E-state index in [-0.39, 0.29) is 0 Å². The van der Waals surface area contributed by atoms with Gasteiger partial charge in [0.1, 0.15) is 46.1 Å². The molecule has 136 heavy (non-hydrogen) atoms. The smallest absolute Gasteiger partial charge is 0.408 e. The lowest BCUT2D eigenvalue weighted by Gasteiger charge is -2.37. The molecule has 8 atom stereocenters. The van der Waals surface area contributed by atoms with Crippen LogP contribution in [-0.4, -0.2) is 161 Å². The second kappa shape index (κ2) is 39.6. The van der Waals surface area contributed by atoms with Gasteiger partial charge < -0.3 is 59.8 Å². The lowest BCUT2D eigenvalue weighted by molar-refractivity contribution is -0.125. The average molecular weight is 2100 g/mol. The van der Waals surface area contributed by atoms with Crippen LogP contribution in [0.5, 0.6) is 0 Å². The van der Waals surface area contributed by atoms with Crippen molar-refractivity contribution in [2.75, 3.05) is 47.8 Å². The summed E-state index contributed by atoms with van der Waals surface area (Å²) in [6.45, 7) is 20.8. The Morgan fingerprint density at radius 2 is 0.456 bits per heavy atom. The Balaban J connectivity index is 0.000000153. The predicted molar refractivity (Wildman–Crippen MR) is 523 cm³/mol. The van der Waals surface area contributed by atoms with Crippen molar-refractivity contribution in [2.24, 2.45) is 0 Å². The minimum Gasteiger partial charge on any atom is -0.444 e. The number of rotatable bonds is 16. The zero-order valence-electron chi connectivity index (χ0n) is 77.1. The van der Waals surface area contributed by atoms with E-state index in [1.165, 1.54) is 87.9 Å². The minimum atomic E-state index is -1.78. The number of hydrogen-bond acceptors (Lipinski definition) is 20. The van der Waals surface area contributed by atoms with Crippen LogP contribution < -0.4 is 40.9 Å². The molecule has 4 aliphatic heterocycles. The molecule has 0 fully saturated rings. The van der Waals surface area contributed by atoms with Crippen LogP contribution in [-0.2, 0) is 60.3 Å². The van der Waals surface area contributed by atoms with Crippen molar-refractivity contribution in [1.29, 1.82) is 0 Å². The number of hydrogen-bond donors (Lipinski definition) is 4. The fraction of sp³-hybridized carbons (Fsp3) is 0.280. The maximum atomic E-state index is 14.0. The van der Waals surface area contributed by atoms with E-state index in [0.717, 1.165) is 0 Å². The van der Waals surface area contributed by atoms with E-state index in [4.69, 9.17) is 18.9 Å². The minimum absolute atomic E-state index is 0.458. The summed E-state index contributed by atoms with van der Waals surface area (Å²) < 4.78 is 29.7. The number of likely N-dealkylation sites (N-methyl/N-ethyl adjacent to an activating group) is 4. The van der Waals surface area contributed by atoms with Gasteiger partial charge in [0, 0.05) is 141 Å². The van der Waals surface area contributed by atoms with E-state index in [9.17, 15) is 57.5 Å². The SMILES string of the molecule is CN1C(=O)[C@@](NC(=O)OC(C)(C)C)([C@@H](C(=O)n2cccn2)c2ccccc2)c2cc(Br)ccc21.CN1C(=O)[C@@](NC(=O)OC(C)(C)C)([C@@H](C(=O)n2cccn2)c2ccccc2)c2cc(Br)ccc21.CN1C(=O)[C@@](NC(=O)OC(C)(C)C)([C@@H](C(=O)n2cccn2)c2ccccc2)c2cc(Br)ccc21.CN1C(=O)[C@@](NC(=O)OC(C)(C)C)([C@@H](C(=O)n2cccn2)c2ccccc2)c2cc(Br)ccc21. The molecule has 8 heterocycles. The van der Waals surface area contributed by atoms with Crippen molar-refractivity contribution in [2.45, 2.75) is 151 Å². The van der Waals surface area contributed by atoms with Crippen LogP contribution in [0, 0.1) is 0 Å². The second-order valence-corrected chi connectivity index (χ2v) is 40.0. The molecule has 4 aliphatic rings. The predicted octanol–water partition coefficient (Wildman–Crippen LogP) is 17.9. The molecule has 8 amide bonds. The molecule has 0 unspecified atom stereocenters. The van der Waals surface area contributed by atoms with Gasteiger partial charge in [-0.2, -0.15) is 20.4 Å². The van der Waals surface area contributed by atoms with Crippen LogP contribution in [0.2, 0.25) is 0 Å². The summed E-state index contributed by atoms with van der Waals surface area (Å²) in [5.74, 6) is -8.24. The number of carbonyl (C=O) groups is 12. The molecule has 32 nitrogen and oxygen atoms in total. The van der Waals surface area contributed by atoms with E-state index in [0.29, 0.717) is 85.1 Å². The number of halogens is 4. The first-order valence-electron chi connectivity index (χ1n) is 42.9. The molecule has 12 aromatic rings. The van der Waals surface area contributed by atoms with Gasteiger partial charge in [0.15, 0.2) is 22.2 Å². The van der Waals surface area contributed by atoms with Gasteiger partial charge in [0.25, 0.3) is 47.3 Å². The molecule has 8 aromatic carbocycles. The van der Waals surface area contributed by atoms with Crippen LogP contribution in [0.15, 0.2) is 286 Å². The van der Waals surface area contributed by atoms with Gasteiger partial charge in [0.05, 0.1) is 0 Å². The van der Waals surface area contributed by atoms with Crippen LogP contribution in [0.25, 0.3) is 0 Å². The summed E-state index contributed by atoms with van der Waals surface area (Å²) >= 11 is 13.9. The molecule has 0 aliphatic carbocycles. The average Bonchev–Trinajstić information content (AvgIpc) is 1.56. The van der Waals surface area contributed by atoms with Gasteiger partial charge in [-0.05, 0) is 202 Å². The Morgan fingerprint density at radius 1 is 0.279 bits per heavy atom. The highest BCUT2D eigenvalue weighted by Gasteiger charge is 2.65. The van der Waals surface area contributed by atoms with Gasteiger partial charge >= 0.3 is 24.4 Å². The molecule has 0 bridgehead atoms. The molecule has 36 heteroatoms. The monoisotopic (exact) mass is 2100 g/mol. The Kier molecular flexibility index (Phi) is 29.0. The van der Waals surface area contributed by atoms with Crippen molar-refractivity contribution >= 4 is 158 Å². The van der Waals surface area contributed by atoms with Crippen molar-refractivity contribution < 1.29 is 76.5 Å². The van der Waals surface area contributed by atoms with Crippen molar-refractivity contribution in [1.82, 2.24) is 60.4 Å². The fourth-order valence-corrected chi connectivity index (χ4v) is 18.6. The highest BCUT2D eigenvalue weighted by atomic mass is 79.9. The fourth-order valence-electron chi connectivity index (χ4n) is 17.2. The number of benzene rings is 8. The Bertz CT molecular complexity index is 5730. The molecule has 0 saturated carbocycles. The highest BCUT2D eigenvalue weighted by Crippen LogP contribution is 2.55. The van der Waals surface area contributed by atoms with Crippen molar-refractivity contribution in [3.8, 4) is 0 Å². The number of ether oxygens (including phenoxy) is 4. The summed E-state index contributed by atoms with van der Waals surface area (Å²) in [7, 11) is 6.48. The maximum absolute atomic E-state index is 14.0. The molecule has 16 rings (SSSR count). The van der Waals surface area contributed by atoms with Crippen LogP contribution in [0.3, 0.4) is 0 Å². The van der Waals surface area contributed by atoms with E-state index >= 15 is 0 Å². The van der Waals surface area contributed by atoms with Gasteiger partial charge in [-0.1, -0.05) is 185 Å². The van der Waals surface area contributed by atoms with Crippen molar-refractivity contribution in [3.05, 3.63) is 330 Å². The van der Waals surface area contributed by atoms with Crippen LogP contribution in [0.4, 0.5) is 41.9 Å². The summed E-state index contributed by atoms with van der Waals surface area (Å²) in [5.41, 5.74) is -3.91. The summed E-state index contributed by atoms with van der Waals surface area (Å²) in [5, 5.41) is 27.7. The molecule has 704 valence electrons. The van der Waals surface area contributed by atoms with Crippen LogP contribution >= 0.6 is 63.7 Å². The second-order valence-electron chi connectivity index (χ2n) is 36.4. The maximum Gasteiger partial charge on any atom is 0.408 e. The molecule has 4 N–H and O–H groups in total.